The summed E-state index contributed by atoms with van der Waals surface area (Å²) in [6, 6.07) is 4.86. The van der Waals surface area contributed by atoms with E-state index in [0.717, 1.165) is 50.7 Å². The molecular formula is C17H24N4O2. The Morgan fingerprint density at radius 2 is 2.26 bits per heavy atom. The van der Waals surface area contributed by atoms with Crippen LogP contribution in [-0.2, 0) is 11.2 Å². The Hall–Kier alpha value is -1.98. The predicted molar refractivity (Wildman–Crippen MR) is 87.2 cm³/mol. The van der Waals surface area contributed by atoms with Crippen molar-refractivity contribution in [2.24, 2.45) is 4.99 Å². The average molecular weight is 316 g/mol. The van der Waals surface area contributed by atoms with Crippen molar-refractivity contribution in [1.29, 1.82) is 0 Å². The number of carbonyl (C=O) groups is 1. The first kappa shape index (κ1) is 14.6. The van der Waals surface area contributed by atoms with Gasteiger partial charge in [-0.25, -0.2) is 0 Å². The van der Waals surface area contributed by atoms with E-state index in [2.05, 4.69) is 10.2 Å². The van der Waals surface area contributed by atoms with Gasteiger partial charge in [-0.3, -0.25) is 9.79 Å². The summed E-state index contributed by atoms with van der Waals surface area (Å²) >= 11 is 0. The fourth-order valence-corrected chi connectivity index (χ4v) is 3.43. The summed E-state index contributed by atoms with van der Waals surface area (Å²) in [6.45, 7) is 3.34. The van der Waals surface area contributed by atoms with Crippen LogP contribution in [0.3, 0.4) is 0 Å². The summed E-state index contributed by atoms with van der Waals surface area (Å²) in [5.74, 6) is 2.31. The molecule has 0 radical (unpaired) electrons. The van der Waals surface area contributed by atoms with E-state index in [-0.39, 0.29) is 0 Å². The number of guanidine groups is 1. The van der Waals surface area contributed by atoms with Gasteiger partial charge >= 0.3 is 0 Å². The minimum atomic E-state index is 0.320. The minimum absolute atomic E-state index is 0.320. The fraction of sp³-hybridized carbons (Fsp3) is 0.647. The Labute approximate surface area is 136 Å². The number of rotatable bonds is 4. The summed E-state index contributed by atoms with van der Waals surface area (Å²) < 4.78 is 5.38. The summed E-state index contributed by atoms with van der Waals surface area (Å²) in [6.07, 6.45) is 6.69. The van der Waals surface area contributed by atoms with Gasteiger partial charge in [-0.15, -0.1) is 0 Å². The van der Waals surface area contributed by atoms with Crippen molar-refractivity contribution in [2.45, 2.75) is 44.2 Å². The van der Waals surface area contributed by atoms with Crippen molar-refractivity contribution in [1.82, 2.24) is 15.1 Å². The van der Waals surface area contributed by atoms with Crippen molar-refractivity contribution >= 4 is 11.9 Å². The molecule has 2 aliphatic heterocycles. The lowest BCUT2D eigenvalue weighted by molar-refractivity contribution is -0.130. The lowest BCUT2D eigenvalue weighted by atomic mass is 10.1. The SMILES string of the molecule is O=C1CCC2CN(C(=NCCc3ccco3)NC3CC3)CCN12. The molecule has 0 aromatic carbocycles. The molecule has 1 unspecified atom stereocenters. The van der Waals surface area contributed by atoms with E-state index in [0.29, 0.717) is 24.4 Å². The zero-order chi connectivity index (χ0) is 15.6. The third-order valence-corrected chi connectivity index (χ3v) is 4.90. The van der Waals surface area contributed by atoms with Crippen LogP contribution in [0.5, 0.6) is 0 Å². The normalized spacial score (nSPS) is 25.0. The number of carbonyl (C=O) groups excluding carboxylic acids is 1. The summed E-state index contributed by atoms with van der Waals surface area (Å²) in [7, 11) is 0. The number of amides is 1. The molecule has 1 atom stereocenters. The maximum Gasteiger partial charge on any atom is 0.223 e. The minimum Gasteiger partial charge on any atom is -0.469 e. The molecule has 6 nitrogen and oxygen atoms in total. The van der Waals surface area contributed by atoms with Crippen LogP contribution in [0.25, 0.3) is 0 Å². The van der Waals surface area contributed by atoms with Gasteiger partial charge in [0.2, 0.25) is 5.91 Å². The van der Waals surface area contributed by atoms with Crippen molar-refractivity contribution in [3.05, 3.63) is 24.2 Å². The third-order valence-electron chi connectivity index (χ3n) is 4.90. The second-order valence-electron chi connectivity index (χ2n) is 6.68. The molecule has 6 heteroatoms. The lowest BCUT2D eigenvalue weighted by Gasteiger charge is -2.39. The molecule has 124 valence electrons. The van der Waals surface area contributed by atoms with Crippen molar-refractivity contribution < 1.29 is 9.21 Å². The number of nitrogens with one attached hydrogen (secondary N) is 1. The van der Waals surface area contributed by atoms with Gasteiger partial charge in [-0.05, 0) is 31.4 Å². The predicted octanol–water partition coefficient (Wildman–Crippen LogP) is 1.24. The highest BCUT2D eigenvalue weighted by Gasteiger charge is 2.37. The lowest BCUT2D eigenvalue weighted by Crippen LogP contribution is -2.56. The number of piperazine rings is 1. The van der Waals surface area contributed by atoms with Gasteiger partial charge < -0.3 is 19.5 Å². The quantitative estimate of drug-likeness (QED) is 0.670. The second-order valence-corrected chi connectivity index (χ2v) is 6.68. The van der Waals surface area contributed by atoms with Gasteiger partial charge in [-0.1, -0.05) is 0 Å². The van der Waals surface area contributed by atoms with Crippen LogP contribution in [0.2, 0.25) is 0 Å². The molecule has 3 fully saturated rings. The third kappa shape index (κ3) is 3.35. The maximum absolute atomic E-state index is 11.8. The molecule has 1 N–H and O–H groups in total. The molecule has 1 aliphatic carbocycles. The van der Waals surface area contributed by atoms with Gasteiger partial charge in [0.1, 0.15) is 5.76 Å². The Morgan fingerprint density at radius 1 is 1.35 bits per heavy atom. The molecule has 1 saturated carbocycles. The number of hydrogen-bond acceptors (Lipinski definition) is 3. The number of aliphatic imine (C=N–C) groups is 1. The van der Waals surface area contributed by atoms with Crippen LogP contribution in [0.15, 0.2) is 27.8 Å². The molecule has 2 saturated heterocycles. The van der Waals surface area contributed by atoms with Crippen LogP contribution in [0.1, 0.15) is 31.4 Å². The number of furan rings is 1. The van der Waals surface area contributed by atoms with E-state index < -0.39 is 0 Å². The standard InChI is InChI=1S/C17H24N4O2/c22-16-6-5-14-12-20(9-10-21(14)16)17(19-13-3-4-13)18-8-7-15-2-1-11-23-15/h1-2,11,13-14H,3-10,12H2,(H,18,19). The van der Waals surface area contributed by atoms with E-state index in [1.807, 2.05) is 17.0 Å². The highest BCUT2D eigenvalue weighted by atomic mass is 16.3. The second kappa shape index (κ2) is 6.26. The smallest absolute Gasteiger partial charge is 0.223 e. The van der Waals surface area contributed by atoms with Crippen molar-refractivity contribution in [2.75, 3.05) is 26.2 Å². The number of fused-ring (bicyclic) bond motifs is 1. The van der Waals surface area contributed by atoms with E-state index >= 15 is 0 Å². The Morgan fingerprint density at radius 3 is 3.04 bits per heavy atom. The average Bonchev–Trinajstić information content (AvgIpc) is 3.08. The maximum atomic E-state index is 11.8. The zero-order valence-electron chi connectivity index (χ0n) is 13.4. The van der Waals surface area contributed by atoms with E-state index in [1.54, 1.807) is 6.26 Å². The first-order valence-electron chi connectivity index (χ1n) is 8.67. The number of nitrogens with zero attached hydrogens (tertiary/aromatic N) is 3. The molecule has 0 spiro atoms. The zero-order valence-corrected chi connectivity index (χ0v) is 13.4. The Balaban J connectivity index is 1.39. The van der Waals surface area contributed by atoms with Crippen LogP contribution < -0.4 is 5.32 Å². The molecule has 4 rings (SSSR count). The highest BCUT2D eigenvalue weighted by molar-refractivity contribution is 5.82. The van der Waals surface area contributed by atoms with Crippen molar-refractivity contribution in [3.8, 4) is 0 Å². The summed E-state index contributed by atoms with van der Waals surface area (Å²) in [4.78, 5) is 21.0. The molecule has 3 aliphatic rings. The van der Waals surface area contributed by atoms with Gasteiger partial charge in [0.05, 0.1) is 6.26 Å². The summed E-state index contributed by atoms with van der Waals surface area (Å²) in [5.41, 5.74) is 0. The van der Waals surface area contributed by atoms with Gasteiger partial charge in [-0.2, -0.15) is 0 Å². The van der Waals surface area contributed by atoms with Gasteiger partial charge in [0.25, 0.3) is 0 Å². The molecule has 1 aromatic rings. The molecule has 1 amide bonds. The Kier molecular flexibility index (Phi) is 3.97. The van der Waals surface area contributed by atoms with Crippen LogP contribution in [0.4, 0.5) is 0 Å². The van der Waals surface area contributed by atoms with E-state index in [4.69, 9.17) is 9.41 Å². The molecule has 3 heterocycles. The monoisotopic (exact) mass is 316 g/mol. The largest absolute Gasteiger partial charge is 0.469 e. The van der Waals surface area contributed by atoms with E-state index in [1.165, 1.54) is 12.8 Å². The summed E-state index contributed by atoms with van der Waals surface area (Å²) in [5, 5.41) is 3.57. The topological polar surface area (TPSA) is 61.1 Å². The van der Waals surface area contributed by atoms with Gasteiger partial charge in [0.15, 0.2) is 5.96 Å². The highest BCUT2D eigenvalue weighted by Crippen LogP contribution is 2.24. The van der Waals surface area contributed by atoms with Crippen LogP contribution in [-0.4, -0.2) is 59.9 Å². The van der Waals surface area contributed by atoms with Gasteiger partial charge in [0, 0.05) is 51.1 Å². The van der Waals surface area contributed by atoms with Crippen LogP contribution >= 0.6 is 0 Å². The fourth-order valence-electron chi connectivity index (χ4n) is 3.43. The molecular weight excluding hydrogens is 292 g/mol. The molecule has 0 bridgehead atoms. The molecule has 23 heavy (non-hydrogen) atoms. The van der Waals surface area contributed by atoms with Crippen molar-refractivity contribution in [3.63, 3.8) is 0 Å². The first-order valence-corrected chi connectivity index (χ1v) is 8.67. The van der Waals surface area contributed by atoms with Crippen LogP contribution in [0, 0.1) is 0 Å². The molecule has 1 aromatic heterocycles. The number of hydrogen-bond donors (Lipinski definition) is 1. The Bertz CT molecular complexity index is 579. The van der Waals surface area contributed by atoms with E-state index in [9.17, 15) is 4.79 Å². The first-order chi connectivity index (χ1) is 11.3.